The summed E-state index contributed by atoms with van der Waals surface area (Å²) < 4.78 is 187. The number of rotatable bonds is 29. The average molecular weight is 1530 g/mol. The van der Waals surface area contributed by atoms with Crippen LogP contribution in [0.25, 0.3) is 69.8 Å². The largest absolute Gasteiger partial charge is 0.497 e. The van der Waals surface area contributed by atoms with Crippen LogP contribution in [-0.4, -0.2) is 116 Å². The van der Waals surface area contributed by atoms with Crippen LogP contribution in [0.2, 0.25) is 0 Å². The van der Waals surface area contributed by atoms with Gasteiger partial charge in [-0.25, -0.2) is 23.2 Å². The van der Waals surface area contributed by atoms with Crippen molar-refractivity contribution < 1.29 is 80.9 Å². The second kappa shape index (κ2) is 32.1. The number of benzene rings is 8. The maximum atomic E-state index is 13.9. The number of ether oxygens (including phenoxy) is 4. The highest BCUT2D eigenvalue weighted by atomic mass is 32.2. The SMILES string of the molecule is [C-]#[N+]/C(c1nc2cc(OC)ccc2s1)=c1\c2c(-c3ccc(OCCCCC(=O)NCC(F)(F)C(F)(F)F)cc3)n(B(c3ccccc3)c3ccccc3)/c(=C(/C#N)c3nc4cc(OC)ccc4s3)c2c(-c2ccc(OCCCCC(=O)CS(=O)(=O)C(F)(F)C(F)(F)F)cc2)n1B(c1ccccc1)c1ccccc1. The van der Waals surface area contributed by atoms with E-state index in [1.807, 2.05) is 146 Å². The van der Waals surface area contributed by atoms with E-state index < -0.39 is 77.5 Å². The second-order valence-corrected chi connectivity index (χ2v) is 29.0. The van der Waals surface area contributed by atoms with Gasteiger partial charge in [-0.3, -0.25) is 9.59 Å². The summed E-state index contributed by atoms with van der Waals surface area (Å²) in [7, 11) is -3.17. The number of hydrogen-bond donors (Lipinski definition) is 1. The molecule has 0 saturated heterocycles. The molecule has 12 aromatic rings. The molecule has 0 radical (unpaired) electrons. The topological polar surface area (TPSA) is 181 Å². The summed E-state index contributed by atoms with van der Waals surface area (Å²) in [5, 5.41) is 10.2. The van der Waals surface area contributed by atoms with E-state index in [0.717, 1.165) is 21.9 Å². The van der Waals surface area contributed by atoms with Crippen LogP contribution in [0, 0.1) is 17.9 Å². The number of ketones is 1. The number of halogens is 10. The van der Waals surface area contributed by atoms with Gasteiger partial charge in [0.05, 0.1) is 66.3 Å². The van der Waals surface area contributed by atoms with E-state index in [-0.39, 0.29) is 62.3 Å². The van der Waals surface area contributed by atoms with E-state index in [4.69, 9.17) is 28.9 Å². The molecule has 8 aromatic carbocycles. The third kappa shape index (κ3) is 15.9. The minimum Gasteiger partial charge on any atom is -0.497 e. The number of fused-ring (bicyclic) bond motifs is 3. The quantitative estimate of drug-likeness (QED) is 0.0204. The molecule has 550 valence electrons. The van der Waals surface area contributed by atoms with Gasteiger partial charge in [0.1, 0.15) is 56.2 Å². The Hall–Kier alpha value is -11.2. The maximum absolute atomic E-state index is 13.9. The number of thiazole rings is 2. The monoisotopic (exact) mass is 1530 g/mol. The summed E-state index contributed by atoms with van der Waals surface area (Å²) in [5.41, 5.74) is 6.23. The van der Waals surface area contributed by atoms with Gasteiger partial charge in [-0.05, 0) is 110 Å². The van der Waals surface area contributed by atoms with Crippen LogP contribution in [0.5, 0.6) is 23.0 Å². The molecule has 108 heavy (non-hydrogen) atoms. The van der Waals surface area contributed by atoms with Gasteiger partial charge >= 0.3 is 37.2 Å². The van der Waals surface area contributed by atoms with Crippen LogP contribution in [0.3, 0.4) is 0 Å². The van der Waals surface area contributed by atoms with Gasteiger partial charge < -0.3 is 33.2 Å². The summed E-state index contributed by atoms with van der Waals surface area (Å²) in [5.74, 6) is -7.87. The van der Waals surface area contributed by atoms with Gasteiger partial charge in [-0.1, -0.05) is 143 Å². The Balaban J connectivity index is 1.15. The first-order valence-corrected chi connectivity index (χ1v) is 36.8. The Morgan fingerprint density at radius 2 is 0.954 bits per heavy atom. The standard InChI is InChI=1S/C78H61B2F10N7O8S3/c1-92-68(74-95-62-45-59(103-3)39-41-64(62)107-74)72-67-66(69(97(72)80(53-24-12-6-13-25-53)54-26-14-7-15-27-54)49-30-34-56(35-31-49)104-42-18-16-28-55(98)47-108(100,101)78(89,90)77(86,87)88)71(60(46-91)73-94-61-44-58(102-2)38-40-63(61)106-73)96(79(51-20-8-4-9-21-51)52-22-10-5-11-23-52)70(67)50-32-36-57(37-33-50)105-43-19-17-29-65(99)93-48-75(81,82)76(83,84)85/h4-15,20-27,30-41,44-45H,16-19,28-29,42-43,47-48H2,2-3H3,(H,93,99)/b71-60-,72-68+. The highest BCUT2D eigenvalue weighted by Crippen LogP contribution is 2.43. The third-order valence-corrected chi connectivity index (χ3v) is 21.7. The normalized spacial score (nSPS) is 12.7. The van der Waals surface area contributed by atoms with E-state index in [1.54, 1.807) is 66.0 Å². The molecule has 0 saturated carbocycles. The van der Waals surface area contributed by atoms with Gasteiger partial charge in [-0.15, -0.1) is 22.7 Å². The lowest BCUT2D eigenvalue weighted by Crippen LogP contribution is -2.54. The Morgan fingerprint density at radius 1 is 0.546 bits per heavy atom. The number of carbonyl (C=O) groups is 2. The Kier molecular flexibility index (Phi) is 22.7. The average Bonchev–Trinajstić information content (AvgIpc) is 1.52. The number of nitrogens with zero attached hydrogens (tertiary/aromatic N) is 6. The molecule has 0 aliphatic heterocycles. The van der Waals surface area contributed by atoms with Crippen LogP contribution in [-0.2, 0) is 19.4 Å². The molecule has 0 aliphatic rings. The van der Waals surface area contributed by atoms with Crippen LogP contribution in [0.15, 0.2) is 206 Å². The van der Waals surface area contributed by atoms with Crippen LogP contribution < -0.4 is 56.8 Å². The van der Waals surface area contributed by atoms with Crippen LogP contribution >= 0.6 is 22.7 Å². The number of aromatic nitrogens is 4. The number of Topliss-reactive ketones (excluding diaryl/α,β-unsaturated/α-hetero) is 1. The molecule has 1 amide bonds. The van der Waals surface area contributed by atoms with Gasteiger partial charge in [0, 0.05) is 52.5 Å². The van der Waals surface area contributed by atoms with Crippen LogP contribution in [0.4, 0.5) is 43.9 Å². The zero-order valence-electron chi connectivity index (χ0n) is 57.3. The number of hydrogen-bond acceptors (Lipinski definition) is 13. The fourth-order valence-electron chi connectivity index (χ4n) is 12.7. The fraction of sp³-hybridized carbons (Fsp3) is 0.205. The minimum atomic E-state index is -6.43. The molecule has 12 rings (SSSR count). The van der Waals surface area contributed by atoms with Crippen molar-refractivity contribution in [2.45, 2.75) is 62.1 Å². The van der Waals surface area contributed by atoms with Crippen molar-refractivity contribution in [3.63, 3.8) is 0 Å². The predicted molar refractivity (Wildman–Crippen MR) is 399 cm³/mol. The van der Waals surface area contributed by atoms with Crippen molar-refractivity contribution >= 4 is 122 Å². The van der Waals surface area contributed by atoms with E-state index in [2.05, 4.69) is 19.9 Å². The first-order valence-electron chi connectivity index (χ1n) is 33.6. The first-order chi connectivity index (χ1) is 51.8. The van der Waals surface area contributed by atoms with Crippen molar-refractivity contribution in [1.82, 2.24) is 24.2 Å². The van der Waals surface area contributed by atoms with E-state index in [1.165, 1.54) is 36.9 Å². The Morgan fingerprint density at radius 3 is 1.37 bits per heavy atom. The summed E-state index contributed by atoms with van der Waals surface area (Å²) in [4.78, 5) is 40.1. The predicted octanol–water partition coefficient (Wildman–Crippen LogP) is 13.7. The lowest BCUT2D eigenvalue weighted by molar-refractivity contribution is -0.278. The highest BCUT2D eigenvalue weighted by Gasteiger charge is 2.67. The lowest BCUT2D eigenvalue weighted by atomic mass is 9.50. The van der Waals surface area contributed by atoms with Gasteiger partial charge in [0.2, 0.25) is 21.4 Å². The molecule has 0 spiro atoms. The Bertz CT molecular complexity index is 5440. The molecule has 4 aromatic heterocycles. The first kappa shape index (κ1) is 76.4. The molecular weight excluding hydrogens is 1470 g/mol. The molecule has 0 unspecified atom stereocenters. The molecule has 0 fully saturated rings. The number of sulfone groups is 1. The second-order valence-electron chi connectivity index (χ2n) is 24.9. The van der Waals surface area contributed by atoms with Crippen molar-refractivity contribution in [3.8, 4) is 51.6 Å². The number of nitriles is 1. The third-order valence-electron chi connectivity index (χ3n) is 17.9. The maximum Gasteiger partial charge on any atom is 0.469 e. The van der Waals surface area contributed by atoms with Crippen LogP contribution in [0.1, 0.15) is 48.5 Å². The van der Waals surface area contributed by atoms with E-state index in [9.17, 15) is 73.7 Å². The van der Waals surface area contributed by atoms with Gasteiger partial charge in [0.25, 0.3) is 0 Å². The van der Waals surface area contributed by atoms with E-state index in [0.29, 0.717) is 91.7 Å². The fourth-order valence-corrected chi connectivity index (χ4v) is 15.7. The van der Waals surface area contributed by atoms with Crippen molar-refractivity contribution in [1.29, 1.82) is 5.26 Å². The highest BCUT2D eigenvalue weighted by molar-refractivity contribution is 7.93. The summed E-state index contributed by atoms with van der Waals surface area (Å²) >= 11 is 2.55. The molecule has 0 bridgehead atoms. The van der Waals surface area contributed by atoms with Gasteiger partial charge in [-0.2, -0.15) is 49.2 Å². The number of unbranched alkanes of at least 4 members (excludes halogenated alkanes) is 2. The van der Waals surface area contributed by atoms with Crippen molar-refractivity contribution in [2.24, 2.45) is 0 Å². The lowest BCUT2D eigenvalue weighted by Gasteiger charge is -2.24. The molecule has 1 N–H and O–H groups in total. The molecular formula is C78H61B2F10N7O8S3. The molecule has 0 atom stereocenters. The number of alkyl halides is 10. The zero-order valence-corrected chi connectivity index (χ0v) is 59.8. The van der Waals surface area contributed by atoms with Gasteiger partial charge in [0.15, 0.2) is 0 Å². The molecule has 0 aliphatic carbocycles. The number of amides is 1. The minimum absolute atomic E-state index is 0.00931. The summed E-state index contributed by atoms with van der Waals surface area (Å²) in [6.45, 7) is 5.99. The molecule has 30 heteroatoms. The summed E-state index contributed by atoms with van der Waals surface area (Å²) in [6, 6.07) is 66.0. The molecule has 15 nitrogen and oxygen atoms in total. The smallest absolute Gasteiger partial charge is 0.469 e. The van der Waals surface area contributed by atoms with E-state index >= 15 is 0 Å². The Labute approximate surface area is 620 Å². The summed E-state index contributed by atoms with van der Waals surface area (Å²) in [6.07, 6.45) is -13.1. The van der Waals surface area contributed by atoms with Crippen molar-refractivity contribution in [3.05, 3.63) is 238 Å². The number of carbonyl (C=O) groups excluding carboxylic acids is 2. The number of methoxy groups -OCH3 is 2. The molecule has 4 heterocycles. The number of nitrogens with one attached hydrogen (secondary N) is 1. The zero-order chi connectivity index (χ0) is 76.7. The van der Waals surface area contributed by atoms with Crippen molar-refractivity contribution in [2.75, 3.05) is 39.7 Å².